The quantitative estimate of drug-likeness (QED) is 0.134. The second-order valence-corrected chi connectivity index (χ2v) is 10.2. The zero-order valence-electron chi connectivity index (χ0n) is 25.7. The third-order valence-electron chi connectivity index (χ3n) is 6.40. The first-order valence-corrected chi connectivity index (χ1v) is 13.6. The monoisotopic (exact) mass is 664 g/mol. The molecule has 2 heterocycles. The highest BCUT2D eigenvalue weighted by Gasteiger charge is 2.40. The van der Waals surface area contributed by atoms with Gasteiger partial charge in [0.05, 0.1) is 17.7 Å². The number of ether oxygens (including phenoxy) is 3. The lowest BCUT2D eigenvalue weighted by molar-refractivity contribution is -0.148. The fraction of sp³-hybridized carbons (Fsp3) is 0.333. The van der Waals surface area contributed by atoms with Crippen LogP contribution in [0, 0.1) is 0 Å². The summed E-state index contributed by atoms with van der Waals surface area (Å²) in [4.78, 5) is 47.7. The second kappa shape index (κ2) is 16.7. The van der Waals surface area contributed by atoms with Crippen molar-refractivity contribution in [3.63, 3.8) is 0 Å². The summed E-state index contributed by atoms with van der Waals surface area (Å²) in [6.07, 6.45) is -5.72. The fourth-order valence-electron chi connectivity index (χ4n) is 3.68. The van der Waals surface area contributed by atoms with E-state index in [-0.39, 0.29) is 5.56 Å². The smallest absolute Gasteiger partial charge is 0.377 e. The number of carbonyl (C=O) groups excluding carboxylic acids is 3. The van der Waals surface area contributed by atoms with Crippen molar-refractivity contribution in [2.45, 2.75) is 24.4 Å². The van der Waals surface area contributed by atoms with E-state index in [9.17, 15) is 29.4 Å². The van der Waals surface area contributed by atoms with Gasteiger partial charge in [-0.3, -0.25) is 0 Å². The first-order chi connectivity index (χ1) is 22.0. The Bertz CT molecular complexity index is 1480. The van der Waals surface area contributed by atoms with Crippen molar-refractivity contribution >= 4 is 35.3 Å². The number of anilines is 2. The van der Waals surface area contributed by atoms with Gasteiger partial charge in [0, 0.05) is 39.6 Å². The highest BCUT2D eigenvalue weighted by molar-refractivity contribution is 5.90. The topological polar surface area (TPSA) is 264 Å². The molecule has 8 N–H and O–H groups in total. The summed E-state index contributed by atoms with van der Waals surface area (Å²) in [5.74, 6) is -7.23. The number of cyclic esters (lactones) is 2. The van der Waals surface area contributed by atoms with Crippen LogP contribution in [0.5, 0.6) is 0 Å². The Morgan fingerprint density at radius 3 is 1.43 bits per heavy atom. The van der Waals surface area contributed by atoms with E-state index >= 15 is 0 Å². The lowest BCUT2D eigenvalue weighted by Crippen LogP contribution is -2.33. The molecule has 17 nitrogen and oxygen atoms in total. The van der Waals surface area contributed by atoms with Gasteiger partial charge < -0.3 is 64.9 Å². The maximum Gasteiger partial charge on any atom is 0.377 e. The van der Waals surface area contributed by atoms with Crippen molar-refractivity contribution in [1.82, 2.24) is 0 Å². The third-order valence-corrected chi connectivity index (χ3v) is 6.40. The summed E-state index contributed by atoms with van der Waals surface area (Å²) in [6, 6.07) is 13.4. The summed E-state index contributed by atoms with van der Waals surface area (Å²) in [6.45, 7) is -1.18. The molecule has 256 valence electrons. The predicted octanol–water partition coefficient (Wildman–Crippen LogP) is 0.567. The number of carboxylic acids is 1. The number of carboxylic acid groups (broad SMARTS) is 1. The molecule has 0 saturated carbocycles. The minimum absolute atomic E-state index is 0.286. The van der Waals surface area contributed by atoms with Crippen LogP contribution in [0.25, 0.3) is 0 Å². The van der Waals surface area contributed by atoms with Crippen LogP contribution in [0.3, 0.4) is 0 Å². The number of nitrogens with zero attached hydrogens (tertiary/aromatic N) is 2. The van der Waals surface area contributed by atoms with E-state index in [1.54, 1.807) is 48.5 Å². The first kappa shape index (κ1) is 37.7. The van der Waals surface area contributed by atoms with Crippen molar-refractivity contribution in [3.8, 4) is 0 Å². The average Bonchev–Trinajstić information content (AvgIpc) is 3.47. The van der Waals surface area contributed by atoms with E-state index in [0.717, 1.165) is 11.4 Å². The zero-order valence-corrected chi connectivity index (χ0v) is 25.7. The Morgan fingerprint density at radius 1 is 0.723 bits per heavy atom. The van der Waals surface area contributed by atoms with Crippen molar-refractivity contribution in [3.05, 3.63) is 82.7 Å². The Morgan fingerprint density at radius 2 is 1.11 bits per heavy atom. The van der Waals surface area contributed by atoms with E-state index in [1.807, 2.05) is 38.0 Å². The van der Waals surface area contributed by atoms with Gasteiger partial charge in [0.25, 0.3) is 0 Å². The van der Waals surface area contributed by atoms with Crippen molar-refractivity contribution in [2.75, 3.05) is 51.2 Å². The number of aliphatic hydroxyl groups excluding tert-OH is 7. The number of hydrogen-bond acceptors (Lipinski definition) is 16. The minimum atomic E-state index is -1.49. The summed E-state index contributed by atoms with van der Waals surface area (Å²) in [7, 11) is 7.55. The van der Waals surface area contributed by atoms with E-state index < -0.39 is 84.5 Å². The predicted molar refractivity (Wildman–Crippen MR) is 162 cm³/mol. The molecule has 0 aromatic heterocycles. The number of benzene rings is 2. The number of rotatable bonds is 9. The molecule has 2 aromatic rings. The molecule has 2 unspecified atom stereocenters. The number of hydrogen-bond donors (Lipinski definition) is 8. The molecule has 4 atom stereocenters. The van der Waals surface area contributed by atoms with Gasteiger partial charge in [-0.05, 0) is 48.5 Å². The van der Waals surface area contributed by atoms with Crippen LogP contribution in [0.4, 0.5) is 11.4 Å². The molecule has 0 aliphatic carbocycles. The molecule has 0 saturated heterocycles. The number of esters is 3. The summed E-state index contributed by atoms with van der Waals surface area (Å²) in [5, 5.41) is 72.0. The molecule has 0 amide bonds. The minimum Gasteiger partial charge on any atom is -0.505 e. The Kier molecular flexibility index (Phi) is 13.4. The van der Waals surface area contributed by atoms with Crippen LogP contribution in [-0.4, -0.2) is 131 Å². The van der Waals surface area contributed by atoms with Crippen molar-refractivity contribution in [2.24, 2.45) is 0 Å². The fourth-order valence-corrected chi connectivity index (χ4v) is 3.68. The maximum atomic E-state index is 11.9. The number of carbonyl (C=O) groups is 4. The van der Waals surface area contributed by atoms with Crippen LogP contribution >= 0.6 is 0 Å². The van der Waals surface area contributed by atoms with Crippen molar-refractivity contribution in [1.29, 1.82) is 0 Å². The summed E-state index contributed by atoms with van der Waals surface area (Å²) < 4.78 is 13.8. The molecule has 17 heteroatoms. The van der Waals surface area contributed by atoms with Gasteiger partial charge in [-0.1, -0.05) is 0 Å². The van der Waals surface area contributed by atoms with Crippen LogP contribution in [0.1, 0.15) is 20.7 Å². The van der Waals surface area contributed by atoms with Gasteiger partial charge in [-0.25, -0.2) is 19.2 Å². The third kappa shape index (κ3) is 9.98. The molecule has 2 aromatic carbocycles. The van der Waals surface area contributed by atoms with E-state index in [0.29, 0.717) is 5.56 Å². The Hall–Kier alpha value is -5.52. The lowest BCUT2D eigenvalue weighted by Gasteiger charge is -2.17. The Balaban J connectivity index is 0.000000270. The van der Waals surface area contributed by atoms with Gasteiger partial charge in [0.1, 0.15) is 18.8 Å². The van der Waals surface area contributed by atoms with Gasteiger partial charge >= 0.3 is 23.9 Å². The highest BCUT2D eigenvalue weighted by atomic mass is 16.6. The molecule has 0 spiro atoms. The molecule has 2 aliphatic rings. The molecule has 0 radical (unpaired) electrons. The molecule has 0 fully saturated rings. The average molecular weight is 665 g/mol. The summed E-state index contributed by atoms with van der Waals surface area (Å²) in [5.41, 5.74) is 2.51. The van der Waals surface area contributed by atoms with Crippen LogP contribution in [0.2, 0.25) is 0 Å². The molecule has 47 heavy (non-hydrogen) atoms. The largest absolute Gasteiger partial charge is 0.505 e. The first-order valence-electron chi connectivity index (χ1n) is 13.6. The van der Waals surface area contributed by atoms with Crippen LogP contribution in [-0.2, 0) is 23.8 Å². The molecular formula is C30H36N2O15. The van der Waals surface area contributed by atoms with Gasteiger partial charge in [0.2, 0.25) is 11.5 Å². The van der Waals surface area contributed by atoms with Gasteiger partial charge in [0.15, 0.2) is 23.7 Å². The van der Waals surface area contributed by atoms with Crippen molar-refractivity contribution < 1.29 is 74.2 Å². The lowest BCUT2D eigenvalue weighted by atomic mass is 10.2. The normalized spacial score (nSPS) is 18.1. The Labute approximate surface area is 268 Å². The second-order valence-electron chi connectivity index (χ2n) is 10.2. The standard InChI is InChI=1S/C15H17NO7.C9H11NO2.C6H8O6/c1-16(2)9-5-3-8(4-6-9)14(20)22-7-10(17)13-11(18)12(19)15(21)23-13;1-10(2)8-5-3-7(4-6-8)9(11)12;7-1-2(8)5-3(9)4(10)6(11)12-5/h3-6,10,13,17-19H,7H2,1-2H3;3-6H,1-2H3,(H,11,12);2,5,7-10H,1H2/t10-,13+;;/m0../s1. The zero-order chi connectivity index (χ0) is 35.6. The SMILES string of the molecule is CN(C)c1ccc(C(=O)O)cc1.CN(C)c1ccc(C(=O)OC[C@H](O)[C@H]2OC(=O)C(O)=C2O)cc1.O=C1OC(C(O)CO)C(O)=C1O. The van der Waals surface area contributed by atoms with E-state index in [2.05, 4.69) is 9.47 Å². The molecule has 2 aliphatic heterocycles. The van der Waals surface area contributed by atoms with Gasteiger partial charge in [-0.2, -0.15) is 0 Å². The number of aliphatic hydroxyl groups is 7. The molecule has 4 rings (SSSR count). The molecular weight excluding hydrogens is 628 g/mol. The van der Waals surface area contributed by atoms with Gasteiger partial charge in [-0.15, -0.1) is 0 Å². The molecule has 0 bridgehead atoms. The van der Waals surface area contributed by atoms with E-state index in [1.165, 1.54) is 0 Å². The van der Waals surface area contributed by atoms with Crippen LogP contribution < -0.4 is 9.80 Å². The highest BCUT2D eigenvalue weighted by Crippen LogP contribution is 2.22. The van der Waals surface area contributed by atoms with E-state index in [4.69, 9.17) is 35.4 Å². The summed E-state index contributed by atoms with van der Waals surface area (Å²) >= 11 is 0. The number of aromatic carboxylic acids is 1. The maximum absolute atomic E-state index is 11.9. The van der Waals surface area contributed by atoms with Crippen LogP contribution in [0.15, 0.2) is 71.6 Å².